The molecule has 1 N–H and O–H groups in total. The van der Waals surface area contributed by atoms with Gasteiger partial charge in [-0.1, -0.05) is 39.0 Å². The predicted molar refractivity (Wildman–Crippen MR) is 86.1 cm³/mol. The highest BCUT2D eigenvalue weighted by molar-refractivity contribution is 5.89. The molecule has 0 fully saturated rings. The first-order valence-electron chi connectivity index (χ1n) is 7.28. The minimum Gasteiger partial charge on any atom is -0.255 e. The van der Waals surface area contributed by atoms with Crippen LogP contribution in [0.1, 0.15) is 32.0 Å². The van der Waals surface area contributed by atoms with Crippen LogP contribution in [0.2, 0.25) is 0 Å². The van der Waals surface area contributed by atoms with Crippen LogP contribution >= 0.6 is 0 Å². The van der Waals surface area contributed by atoms with Crippen molar-refractivity contribution in [2.75, 3.05) is 0 Å². The van der Waals surface area contributed by atoms with Gasteiger partial charge in [-0.25, -0.2) is 0 Å². The first-order valence-corrected chi connectivity index (χ1v) is 7.28. The van der Waals surface area contributed by atoms with Gasteiger partial charge in [0.2, 0.25) is 6.20 Å². The van der Waals surface area contributed by atoms with Crippen LogP contribution in [-0.2, 0) is 12.5 Å². The van der Waals surface area contributed by atoms with Gasteiger partial charge in [-0.05, 0) is 22.4 Å². The smallest absolute Gasteiger partial charge is 0.205 e. The number of rotatable bonds is 1. The lowest BCUT2D eigenvalue weighted by Crippen LogP contribution is -2.28. The summed E-state index contributed by atoms with van der Waals surface area (Å²) in [5, 5.41) is 14.5. The lowest BCUT2D eigenvalue weighted by molar-refractivity contribution is -0.726. The van der Waals surface area contributed by atoms with Crippen molar-refractivity contribution in [3.8, 4) is 17.3 Å². The minimum absolute atomic E-state index is 0.0705. The molecule has 3 rings (SSSR count). The van der Waals surface area contributed by atoms with Crippen LogP contribution in [0.5, 0.6) is 0 Å². The topological polar surface area (TPSA) is 56.4 Å². The zero-order chi connectivity index (χ0) is 15.9. The van der Waals surface area contributed by atoms with Crippen LogP contribution in [0.4, 0.5) is 0 Å². The number of benzene rings is 1. The number of nitriles is 1. The third-order valence-corrected chi connectivity index (χ3v) is 3.84. The monoisotopic (exact) mass is 291 g/mol. The number of fused-ring (bicyclic) bond motifs is 1. The van der Waals surface area contributed by atoms with Crippen molar-refractivity contribution in [1.82, 2.24) is 10.1 Å². The van der Waals surface area contributed by atoms with Gasteiger partial charge in [0.15, 0.2) is 12.7 Å². The molecule has 0 spiro atoms. The van der Waals surface area contributed by atoms with Crippen molar-refractivity contribution in [2.24, 2.45) is 7.05 Å². The Labute approximate surface area is 130 Å². The third-order valence-electron chi connectivity index (χ3n) is 3.84. The SMILES string of the molecule is C[n+]1cc(-c2cc3cccc(C(C)(C)C)c3cn2)c(C#N)[nH]1. The molecule has 0 atom stereocenters. The summed E-state index contributed by atoms with van der Waals surface area (Å²) in [6.07, 6.45) is 3.81. The number of aromatic nitrogens is 3. The predicted octanol–water partition coefficient (Wildman–Crippen LogP) is 3.22. The van der Waals surface area contributed by atoms with E-state index in [2.05, 4.69) is 61.2 Å². The molecule has 110 valence electrons. The van der Waals surface area contributed by atoms with E-state index in [4.69, 9.17) is 0 Å². The summed E-state index contributed by atoms with van der Waals surface area (Å²) in [5.74, 6) is 0. The molecule has 0 unspecified atom stereocenters. The summed E-state index contributed by atoms with van der Waals surface area (Å²) < 4.78 is 1.77. The van der Waals surface area contributed by atoms with Gasteiger partial charge in [0.1, 0.15) is 11.6 Å². The fourth-order valence-electron chi connectivity index (χ4n) is 2.78. The lowest BCUT2D eigenvalue weighted by atomic mass is 9.84. The maximum Gasteiger partial charge on any atom is 0.205 e. The van der Waals surface area contributed by atoms with Gasteiger partial charge >= 0.3 is 0 Å². The van der Waals surface area contributed by atoms with Gasteiger partial charge in [0.05, 0.1) is 5.69 Å². The van der Waals surface area contributed by atoms with E-state index in [0.29, 0.717) is 5.69 Å². The second kappa shape index (κ2) is 4.96. The third kappa shape index (κ3) is 2.35. The molecule has 0 aliphatic carbocycles. The number of aromatic amines is 1. The molecule has 1 aromatic carbocycles. The van der Waals surface area contributed by atoms with Crippen molar-refractivity contribution >= 4 is 10.8 Å². The first kappa shape index (κ1) is 14.3. The normalized spacial score (nSPS) is 11.6. The Hall–Kier alpha value is -2.67. The number of hydrogen-bond donors (Lipinski definition) is 1. The highest BCUT2D eigenvalue weighted by atomic mass is 15.3. The fourth-order valence-corrected chi connectivity index (χ4v) is 2.78. The van der Waals surface area contributed by atoms with Gasteiger partial charge in [-0.2, -0.15) is 10.4 Å². The van der Waals surface area contributed by atoms with Crippen molar-refractivity contribution in [3.05, 3.63) is 47.9 Å². The van der Waals surface area contributed by atoms with E-state index in [-0.39, 0.29) is 5.41 Å². The zero-order valence-electron chi connectivity index (χ0n) is 13.3. The van der Waals surface area contributed by atoms with Crippen molar-refractivity contribution in [1.29, 1.82) is 5.26 Å². The van der Waals surface area contributed by atoms with E-state index in [1.165, 1.54) is 5.56 Å². The van der Waals surface area contributed by atoms with E-state index < -0.39 is 0 Å². The molecule has 22 heavy (non-hydrogen) atoms. The van der Waals surface area contributed by atoms with Gasteiger partial charge in [0, 0.05) is 11.6 Å². The van der Waals surface area contributed by atoms with Crippen molar-refractivity contribution in [3.63, 3.8) is 0 Å². The largest absolute Gasteiger partial charge is 0.255 e. The zero-order valence-corrected chi connectivity index (χ0v) is 13.3. The second-order valence-electron chi connectivity index (χ2n) is 6.60. The standard InChI is InChI=1S/C18H18N4/c1-18(2,3)15-7-5-6-12-8-16(20-10-13(12)15)14-11-22(4)21-17(14)9-19/h5-8,10-11H,1-4H3/p+1. The Bertz CT molecular complexity index is 892. The molecule has 2 aromatic heterocycles. The highest BCUT2D eigenvalue weighted by Gasteiger charge is 2.19. The number of H-pyrrole nitrogens is 1. The highest BCUT2D eigenvalue weighted by Crippen LogP contribution is 2.31. The number of nitrogens with one attached hydrogen (secondary N) is 1. The summed E-state index contributed by atoms with van der Waals surface area (Å²) in [6, 6.07) is 10.6. The molecule has 0 saturated heterocycles. The molecule has 0 amide bonds. The molecule has 3 aromatic rings. The van der Waals surface area contributed by atoms with Crippen LogP contribution in [-0.4, -0.2) is 10.1 Å². The Morgan fingerprint density at radius 1 is 1.27 bits per heavy atom. The Morgan fingerprint density at radius 2 is 2.05 bits per heavy atom. The van der Waals surface area contributed by atoms with Gasteiger partial charge < -0.3 is 0 Å². The lowest BCUT2D eigenvalue weighted by Gasteiger charge is -2.21. The summed E-state index contributed by atoms with van der Waals surface area (Å²) in [7, 11) is 1.86. The molecule has 0 bridgehead atoms. The molecule has 2 heterocycles. The fraction of sp³-hybridized carbons (Fsp3) is 0.278. The summed E-state index contributed by atoms with van der Waals surface area (Å²) in [4.78, 5) is 4.59. The van der Waals surface area contributed by atoms with Crippen LogP contribution in [0.25, 0.3) is 22.0 Å². The Morgan fingerprint density at radius 3 is 2.73 bits per heavy atom. The van der Waals surface area contributed by atoms with E-state index >= 15 is 0 Å². The molecule has 0 saturated carbocycles. The quantitative estimate of drug-likeness (QED) is 0.700. The Balaban J connectivity index is 2.22. The second-order valence-corrected chi connectivity index (χ2v) is 6.60. The summed E-state index contributed by atoms with van der Waals surface area (Å²) in [5.41, 5.74) is 3.52. The molecule has 4 nitrogen and oxygen atoms in total. The Kier molecular flexibility index (Phi) is 3.22. The van der Waals surface area contributed by atoms with Crippen LogP contribution in [0, 0.1) is 11.3 Å². The van der Waals surface area contributed by atoms with Gasteiger partial charge in [0.25, 0.3) is 0 Å². The van der Waals surface area contributed by atoms with Crippen molar-refractivity contribution < 1.29 is 4.68 Å². The minimum atomic E-state index is 0.0705. The molecule has 0 aliphatic heterocycles. The summed E-state index contributed by atoms with van der Waals surface area (Å²) >= 11 is 0. The molecule has 0 radical (unpaired) electrons. The number of pyridine rings is 1. The number of nitrogens with zero attached hydrogens (tertiary/aromatic N) is 3. The molecule has 4 heteroatoms. The molecular formula is C18H19N4+. The molecular weight excluding hydrogens is 272 g/mol. The van der Waals surface area contributed by atoms with Crippen molar-refractivity contribution in [2.45, 2.75) is 26.2 Å². The summed E-state index contributed by atoms with van der Waals surface area (Å²) in [6.45, 7) is 6.61. The number of hydrogen-bond acceptors (Lipinski definition) is 2. The van der Waals surface area contributed by atoms with Crippen LogP contribution in [0.15, 0.2) is 36.7 Å². The first-order chi connectivity index (χ1) is 10.4. The number of aryl methyl sites for hydroxylation is 1. The molecule has 0 aliphatic rings. The van der Waals surface area contributed by atoms with E-state index in [1.54, 1.807) is 4.68 Å². The van der Waals surface area contributed by atoms with Crippen LogP contribution < -0.4 is 4.68 Å². The average molecular weight is 291 g/mol. The van der Waals surface area contributed by atoms with Crippen LogP contribution in [0.3, 0.4) is 0 Å². The van der Waals surface area contributed by atoms with E-state index in [9.17, 15) is 5.26 Å². The van der Waals surface area contributed by atoms with E-state index in [0.717, 1.165) is 22.0 Å². The van der Waals surface area contributed by atoms with Gasteiger partial charge in [-0.15, -0.1) is 4.68 Å². The van der Waals surface area contributed by atoms with E-state index in [1.807, 2.05) is 19.4 Å². The average Bonchev–Trinajstić information content (AvgIpc) is 2.86. The maximum absolute atomic E-state index is 9.23. The maximum atomic E-state index is 9.23. The van der Waals surface area contributed by atoms with Gasteiger partial charge in [-0.3, -0.25) is 4.98 Å².